The minimum Gasteiger partial charge on any atom is -0.381 e. The first-order chi connectivity index (χ1) is 16.3. The largest absolute Gasteiger partial charge is 0.381 e. The van der Waals surface area contributed by atoms with Crippen molar-refractivity contribution in [2.75, 3.05) is 13.2 Å². The van der Waals surface area contributed by atoms with Crippen LogP contribution in [0.2, 0.25) is 0 Å². The van der Waals surface area contributed by atoms with Gasteiger partial charge in [0.05, 0.1) is 0 Å². The van der Waals surface area contributed by atoms with E-state index in [2.05, 4.69) is 27.7 Å². The van der Waals surface area contributed by atoms with E-state index in [1.165, 1.54) is 154 Å². The number of unbranched alkanes of at least 4 members (excludes halogenated alkanes) is 12. The zero-order valence-electron chi connectivity index (χ0n) is 23.9. The topological polar surface area (TPSA) is 9.23 Å². The molecule has 0 amide bonds. The highest BCUT2D eigenvalue weighted by molar-refractivity contribution is 4.62. The first-order valence-electron chi connectivity index (χ1n) is 15.9. The number of rotatable bonds is 28. The van der Waals surface area contributed by atoms with Gasteiger partial charge in [0, 0.05) is 13.2 Å². The molecule has 0 heterocycles. The average molecular weight is 467 g/mol. The van der Waals surface area contributed by atoms with Crippen LogP contribution in [0.25, 0.3) is 0 Å². The molecule has 0 aromatic carbocycles. The molecule has 0 saturated heterocycles. The molecule has 0 aromatic heterocycles. The van der Waals surface area contributed by atoms with E-state index in [9.17, 15) is 0 Å². The van der Waals surface area contributed by atoms with E-state index in [-0.39, 0.29) is 0 Å². The smallest absolute Gasteiger partial charge is 0.0466 e. The molecule has 0 aromatic rings. The van der Waals surface area contributed by atoms with Crippen LogP contribution in [0.4, 0.5) is 0 Å². The van der Waals surface area contributed by atoms with Crippen LogP contribution in [0, 0.1) is 11.8 Å². The minimum atomic E-state index is 0.992. The molecule has 0 spiro atoms. The van der Waals surface area contributed by atoms with E-state index in [4.69, 9.17) is 4.74 Å². The van der Waals surface area contributed by atoms with Crippen molar-refractivity contribution in [3.63, 3.8) is 0 Å². The lowest BCUT2D eigenvalue weighted by Crippen LogP contribution is -2.01. The summed E-state index contributed by atoms with van der Waals surface area (Å²) in [5.41, 5.74) is 0. The van der Waals surface area contributed by atoms with Gasteiger partial charge < -0.3 is 4.74 Å². The van der Waals surface area contributed by atoms with Crippen molar-refractivity contribution in [1.82, 2.24) is 0 Å². The summed E-state index contributed by atoms with van der Waals surface area (Å²) in [5, 5.41) is 0. The quantitative estimate of drug-likeness (QED) is 0.104. The molecule has 0 fully saturated rings. The zero-order chi connectivity index (χ0) is 24.2. The summed E-state index contributed by atoms with van der Waals surface area (Å²) in [6.45, 7) is 11.3. The molecule has 1 heteroatoms. The fourth-order valence-electron chi connectivity index (χ4n) is 5.27. The average Bonchev–Trinajstić information content (AvgIpc) is 2.83. The Morgan fingerprint density at radius 3 is 0.939 bits per heavy atom. The van der Waals surface area contributed by atoms with E-state index >= 15 is 0 Å². The Labute approximate surface area is 211 Å². The summed E-state index contributed by atoms with van der Waals surface area (Å²) in [7, 11) is 0. The molecular formula is C32H66O. The Kier molecular flexibility index (Phi) is 28.2. The molecule has 0 aliphatic heterocycles. The standard InChI is InChI=1S/C32H66O/c1-5-9-23-31(24-10-6-2)27-19-15-13-17-21-29-33-30-22-18-14-16-20-28-32(25-11-7-3)26-12-8-4/h31-32H,5-30H2,1-4H3. The molecule has 0 N–H and O–H groups in total. The summed E-state index contributed by atoms with van der Waals surface area (Å²) < 4.78 is 5.90. The summed E-state index contributed by atoms with van der Waals surface area (Å²) in [5.74, 6) is 2.02. The van der Waals surface area contributed by atoms with Crippen LogP contribution in [0.1, 0.15) is 182 Å². The van der Waals surface area contributed by atoms with Gasteiger partial charge in [-0.15, -0.1) is 0 Å². The normalized spacial score (nSPS) is 11.8. The van der Waals surface area contributed by atoms with Crippen molar-refractivity contribution in [3.8, 4) is 0 Å². The van der Waals surface area contributed by atoms with E-state index in [1.807, 2.05) is 0 Å². The van der Waals surface area contributed by atoms with E-state index in [1.54, 1.807) is 0 Å². The third-order valence-corrected chi connectivity index (χ3v) is 7.67. The first kappa shape index (κ1) is 33.0. The van der Waals surface area contributed by atoms with Gasteiger partial charge in [-0.3, -0.25) is 0 Å². The molecular weight excluding hydrogens is 400 g/mol. The monoisotopic (exact) mass is 467 g/mol. The number of hydrogen-bond acceptors (Lipinski definition) is 1. The highest BCUT2D eigenvalue weighted by Gasteiger charge is 2.08. The minimum absolute atomic E-state index is 0.992. The first-order valence-corrected chi connectivity index (χ1v) is 15.9. The Morgan fingerprint density at radius 1 is 0.333 bits per heavy atom. The van der Waals surface area contributed by atoms with Gasteiger partial charge in [0.15, 0.2) is 0 Å². The maximum absolute atomic E-state index is 5.90. The van der Waals surface area contributed by atoms with Gasteiger partial charge in [-0.2, -0.15) is 0 Å². The van der Waals surface area contributed by atoms with Gasteiger partial charge in [0.25, 0.3) is 0 Å². The second-order valence-electron chi connectivity index (χ2n) is 11.0. The molecule has 0 atom stereocenters. The van der Waals surface area contributed by atoms with Crippen molar-refractivity contribution in [2.45, 2.75) is 182 Å². The van der Waals surface area contributed by atoms with Gasteiger partial charge in [-0.25, -0.2) is 0 Å². The Bertz CT molecular complexity index is 291. The lowest BCUT2D eigenvalue weighted by molar-refractivity contribution is 0.125. The van der Waals surface area contributed by atoms with Crippen molar-refractivity contribution in [1.29, 1.82) is 0 Å². The van der Waals surface area contributed by atoms with Crippen molar-refractivity contribution in [2.24, 2.45) is 11.8 Å². The lowest BCUT2D eigenvalue weighted by Gasteiger charge is -2.16. The highest BCUT2D eigenvalue weighted by atomic mass is 16.5. The maximum atomic E-state index is 5.90. The molecule has 0 aliphatic rings. The van der Waals surface area contributed by atoms with Crippen LogP contribution in [0.3, 0.4) is 0 Å². The molecule has 0 aliphatic carbocycles. The predicted octanol–water partition coefficient (Wildman–Crippen LogP) is 11.7. The molecule has 0 unspecified atom stereocenters. The highest BCUT2D eigenvalue weighted by Crippen LogP contribution is 2.24. The van der Waals surface area contributed by atoms with Gasteiger partial charge >= 0.3 is 0 Å². The summed E-state index contributed by atoms with van der Waals surface area (Å²) in [6.07, 6.45) is 33.9. The Morgan fingerprint density at radius 2 is 0.606 bits per heavy atom. The van der Waals surface area contributed by atoms with Crippen molar-refractivity contribution in [3.05, 3.63) is 0 Å². The second kappa shape index (κ2) is 28.2. The zero-order valence-corrected chi connectivity index (χ0v) is 23.9. The van der Waals surface area contributed by atoms with Crippen molar-refractivity contribution >= 4 is 0 Å². The molecule has 0 radical (unpaired) electrons. The van der Waals surface area contributed by atoms with Gasteiger partial charge in [-0.05, 0) is 24.7 Å². The molecule has 1 nitrogen and oxygen atoms in total. The summed E-state index contributed by atoms with van der Waals surface area (Å²) in [4.78, 5) is 0. The van der Waals surface area contributed by atoms with Crippen LogP contribution in [-0.4, -0.2) is 13.2 Å². The molecule has 0 saturated carbocycles. The lowest BCUT2D eigenvalue weighted by atomic mass is 9.90. The van der Waals surface area contributed by atoms with Crippen LogP contribution in [0.15, 0.2) is 0 Å². The van der Waals surface area contributed by atoms with Crippen LogP contribution >= 0.6 is 0 Å². The summed E-state index contributed by atoms with van der Waals surface area (Å²) in [6, 6.07) is 0. The fraction of sp³-hybridized carbons (Fsp3) is 1.00. The predicted molar refractivity (Wildman–Crippen MR) is 151 cm³/mol. The van der Waals surface area contributed by atoms with E-state index < -0.39 is 0 Å². The van der Waals surface area contributed by atoms with Crippen LogP contribution in [-0.2, 0) is 4.74 Å². The van der Waals surface area contributed by atoms with E-state index in [0.29, 0.717) is 0 Å². The summed E-state index contributed by atoms with van der Waals surface area (Å²) >= 11 is 0. The number of ether oxygens (including phenoxy) is 1. The third kappa shape index (κ3) is 24.9. The van der Waals surface area contributed by atoms with E-state index in [0.717, 1.165) is 25.0 Å². The second-order valence-corrected chi connectivity index (χ2v) is 11.0. The van der Waals surface area contributed by atoms with Gasteiger partial charge in [0.1, 0.15) is 0 Å². The molecule has 0 rings (SSSR count). The van der Waals surface area contributed by atoms with Crippen LogP contribution < -0.4 is 0 Å². The fourth-order valence-corrected chi connectivity index (χ4v) is 5.27. The SMILES string of the molecule is CCCCC(CCCC)CCCCCCCOCCCCCCCC(CCCC)CCCC. The van der Waals surface area contributed by atoms with Crippen molar-refractivity contribution < 1.29 is 4.74 Å². The molecule has 0 bridgehead atoms. The number of hydrogen-bond donors (Lipinski definition) is 0. The van der Waals surface area contributed by atoms with Crippen LogP contribution in [0.5, 0.6) is 0 Å². The Balaban J connectivity index is 3.41. The molecule has 33 heavy (non-hydrogen) atoms. The maximum Gasteiger partial charge on any atom is 0.0466 e. The Hall–Kier alpha value is -0.0400. The third-order valence-electron chi connectivity index (χ3n) is 7.67. The van der Waals surface area contributed by atoms with Gasteiger partial charge in [-0.1, -0.05) is 169 Å². The van der Waals surface area contributed by atoms with Gasteiger partial charge in [0.2, 0.25) is 0 Å². The molecule has 200 valence electrons.